The minimum absolute atomic E-state index is 0.180. The number of carbonyl (C=O) groups is 1. The van der Waals surface area contributed by atoms with E-state index in [0.29, 0.717) is 23.9 Å². The van der Waals surface area contributed by atoms with Gasteiger partial charge in [-0.25, -0.2) is 9.37 Å². The highest BCUT2D eigenvalue weighted by atomic mass is 32.2. The molecule has 2 aromatic rings. The molecule has 2 heterocycles. The molecule has 1 fully saturated rings. The van der Waals surface area contributed by atoms with Gasteiger partial charge in [0.05, 0.1) is 17.9 Å². The van der Waals surface area contributed by atoms with Crippen LogP contribution in [0.5, 0.6) is 0 Å². The smallest absolute Gasteiger partial charge is 0.258 e. The van der Waals surface area contributed by atoms with E-state index in [0.717, 1.165) is 6.42 Å². The van der Waals surface area contributed by atoms with Crippen LogP contribution in [0.25, 0.3) is 0 Å². The van der Waals surface area contributed by atoms with Gasteiger partial charge in [0.25, 0.3) is 5.91 Å². The Kier molecular flexibility index (Phi) is 4.71. The molecule has 0 aliphatic carbocycles. The molecule has 1 aliphatic rings. The lowest BCUT2D eigenvalue weighted by Gasteiger charge is -2.38. The number of aromatic nitrogens is 2. The van der Waals surface area contributed by atoms with Gasteiger partial charge in [-0.2, -0.15) is 0 Å². The van der Waals surface area contributed by atoms with Crippen LogP contribution in [0, 0.1) is 11.7 Å². The lowest BCUT2D eigenvalue weighted by molar-refractivity contribution is 0.0613. The fourth-order valence-corrected chi connectivity index (χ4v) is 3.73. The highest BCUT2D eigenvalue weighted by Gasteiger charge is 2.32. The number of carbonyl (C=O) groups excluding carboxylic acids is 1. The number of nitrogens with zero attached hydrogens (tertiary/aromatic N) is 3. The van der Waals surface area contributed by atoms with Crippen LogP contribution < -0.4 is 0 Å². The second-order valence-electron chi connectivity index (χ2n) is 5.91. The van der Waals surface area contributed by atoms with Crippen LogP contribution in [-0.2, 0) is 0 Å². The third-order valence-corrected chi connectivity index (χ3v) is 5.30. The zero-order valence-corrected chi connectivity index (χ0v) is 14.1. The van der Waals surface area contributed by atoms with Gasteiger partial charge in [-0.15, -0.1) is 11.8 Å². The van der Waals surface area contributed by atoms with E-state index >= 15 is 0 Å². The maximum atomic E-state index is 14.2. The van der Waals surface area contributed by atoms with Gasteiger partial charge < -0.3 is 9.47 Å². The number of rotatable bonds is 3. The summed E-state index contributed by atoms with van der Waals surface area (Å²) in [6.45, 7) is 3.43. The molecular formula is C17H20FN3OS. The Hall–Kier alpha value is -1.82. The molecule has 0 radical (unpaired) electrons. The Bertz CT molecular complexity index is 689. The summed E-state index contributed by atoms with van der Waals surface area (Å²) in [6.07, 6.45) is 8.21. The Morgan fingerprint density at radius 2 is 2.26 bits per heavy atom. The minimum atomic E-state index is -0.445. The first-order valence-corrected chi connectivity index (χ1v) is 8.93. The Morgan fingerprint density at radius 3 is 2.96 bits per heavy atom. The average Bonchev–Trinajstić information content (AvgIpc) is 3.08. The van der Waals surface area contributed by atoms with Crippen LogP contribution in [0.2, 0.25) is 0 Å². The van der Waals surface area contributed by atoms with E-state index in [9.17, 15) is 9.18 Å². The number of benzene rings is 1. The summed E-state index contributed by atoms with van der Waals surface area (Å²) >= 11 is 1.40. The SMILES string of the molecule is CSc1cccc(F)c1C(=O)N1CCC(C)C(n2ccnc2)C1. The number of piperidine rings is 1. The summed E-state index contributed by atoms with van der Waals surface area (Å²) in [5.74, 6) is -0.210. The van der Waals surface area contributed by atoms with Crippen LogP contribution in [0.3, 0.4) is 0 Å². The molecule has 3 rings (SSSR count). The van der Waals surface area contributed by atoms with E-state index in [4.69, 9.17) is 0 Å². The lowest BCUT2D eigenvalue weighted by Crippen LogP contribution is -2.44. The normalized spacial score (nSPS) is 21.4. The van der Waals surface area contributed by atoms with E-state index in [1.165, 1.54) is 17.8 Å². The van der Waals surface area contributed by atoms with Crippen molar-refractivity contribution < 1.29 is 9.18 Å². The monoisotopic (exact) mass is 333 g/mol. The average molecular weight is 333 g/mol. The van der Waals surface area contributed by atoms with Crippen molar-refractivity contribution >= 4 is 17.7 Å². The van der Waals surface area contributed by atoms with Gasteiger partial charge in [0.15, 0.2) is 0 Å². The standard InChI is InChI=1S/C17H20FN3OS/c1-12-6-8-20(10-14(12)21-9-7-19-11-21)17(22)16-13(18)4-3-5-15(16)23-2/h3-5,7,9,11-12,14H,6,8,10H2,1-2H3. The van der Waals surface area contributed by atoms with Crippen molar-refractivity contribution in [3.63, 3.8) is 0 Å². The van der Waals surface area contributed by atoms with Crippen molar-refractivity contribution in [1.29, 1.82) is 0 Å². The molecule has 1 aliphatic heterocycles. The second kappa shape index (κ2) is 6.74. The maximum absolute atomic E-state index is 14.2. The molecule has 0 bridgehead atoms. The Labute approximate surface area is 139 Å². The third-order valence-electron chi connectivity index (χ3n) is 4.52. The van der Waals surface area contributed by atoms with Gasteiger partial charge in [0, 0.05) is 30.4 Å². The highest BCUT2D eigenvalue weighted by Crippen LogP contribution is 2.30. The quantitative estimate of drug-likeness (QED) is 0.807. The van der Waals surface area contributed by atoms with E-state index in [1.807, 2.05) is 17.0 Å². The topological polar surface area (TPSA) is 38.1 Å². The number of halogens is 1. The first-order valence-electron chi connectivity index (χ1n) is 7.71. The van der Waals surface area contributed by atoms with Crippen molar-refractivity contribution in [2.24, 2.45) is 5.92 Å². The Morgan fingerprint density at radius 1 is 1.43 bits per heavy atom. The first kappa shape index (κ1) is 16.1. The molecule has 0 spiro atoms. The molecule has 1 amide bonds. The van der Waals surface area contributed by atoms with Crippen LogP contribution >= 0.6 is 11.8 Å². The summed E-state index contributed by atoms with van der Waals surface area (Å²) in [7, 11) is 0. The summed E-state index contributed by atoms with van der Waals surface area (Å²) in [5, 5.41) is 0. The lowest BCUT2D eigenvalue weighted by atomic mass is 9.93. The molecule has 1 saturated heterocycles. The van der Waals surface area contributed by atoms with Gasteiger partial charge in [-0.3, -0.25) is 4.79 Å². The van der Waals surface area contributed by atoms with Crippen LogP contribution in [0.15, 0.2) is 41.8 Å². The van der Waals surface area contributed by atoms with Crippen molar-refractivity contribution in [3.8, 4) is 0 Å². The molecule has 6 heteroatoms. The van der Waals surface area contributed by atoms with Gasteiger partial charge >= 0.3 is 0 Å². The number of hydrogen-bond donors (Lipinski definition) is 0. The number of imidazole rings is 1. The molecule has 2 atom stereocenters. The molecule has 0 saturated carbocycles. The van der Waals surface area contributed by atoms with Crippen LogP contribution in [0.1, 0.15) is 29.7 Å². The fraction of sp³-hybridized carbons (Fsp3) is 0.412. The molecule has 0 N–H and O–H groups in total. The molecular weight excluding hydrogens is 313 g/mol. The maximum Gasteiger partial charge on any atom is 0.258 e. The summed E-state index contributed by atoms with van der Waals surface area (Å²) in [6, 6.07) is 4.97. The number of thioether (sulfide) groups is 1. The molecule has 2 unspecified atom stereocenters. The molecule has 4 nitrogen and oxygen atoms in total. The number of amides is 1. The predicted octanol–water partition coefficient (Wildman–Crippen LogP) is 3.47. The minimum Gasteiger partial charge on any atom is -0.336 e. The van der Waals surface area contributed by atoms with Crippen molar-refractivity contribution in [2.45, 2.75) is 24.3 Å². The van der Waals surface area contributed by atoms with Crippen LogP contribution in [0.4, 0.5) is 4.39 Å². The Balaban J connectivity index is 1.86. The van der Waals surface area contributed by atoms with Gasteiger partial charge in [-0.05, 0) is 30.7 Å². The summed E-state index contributed by atoms with van der Waals surface area (Å²) < 4.78 is 16.3. The van der Waals surface area contributed by atoms with E-state index in [2.05, 4.69) is 11.9 Å². The van der Waals surface area contributed by atoms with Crippen molar-refractivity contribution in [1.82, 2.24) is 14.5 Å². The van der Waals surface area contributed by atoms with E-state index < -0.39 is 5.82 Å². The largest absolute Gasteiger partial charge is 0.336 e. The van der Waals surface area contributed by atoms with Gasteiger partial charge in [-0.1, -0.05) is 13.0 Å². The predicted molar refractivity (Wildman–Crippen MR) is 89.1 cm³/mol. The second-order valence-corrected chi connectivity index (χ2v) is 6.76. The number of likely N-dealkylation sites (tertiary alicyclic amines) is 1. The molecule has 122 valence electrons. The summed E-state index contributed by atoms with van der Waals surface area (Å²) in [5.41, 5.74) is 0.193. The molecule has 1 aromatic heterocycles. The third kappa shape index (κ3) is 3.13. The van der Waals surface area contributed by atoms with Gasteiger partial charge in [0.2, 0.25) is 0 Å². The first-order chi connectivity index (χ1) is 11.1. The van der Waals surface area contributed by atoms with Crippen molar-refractivity contribution in [3.05, 3.63) is 48.3 Å². The zero-order valence-electron chi connectivity index (χ0n) is 13.3. The van der Waals surface area contributed by atoms with Gasteiger partial charge in [0.1, 0.15) is 5.82 Å². The van der Waals surface area contributed by atoms with E-state index in [-0.39, 0.29) is 17.5 Å². The molecule has 23 heavy (non-hydrogen) atoms. The van der Waals surface area contributed by atoms with Crippen molar-refractivity contribution in [2.75, 3.05) is 19.3 Å². The number of hydrogen-bond acceptors (Lipinski definition) is 3. The fourth-order valence-electron chi connectivity index (χ4n) is 3.13. The van der Waals surface area contributed by atoms with Crippen LogP contribution in [-0.4, -0.2) is 39.7 Å². The summed E-state index contributed by atoms with van der Waals surface area (Å²) in [4.78, 5) is 19.4. The highest BCUT2D eigenvalue weighted by molar-refractivity contribution is 7.98. The van der Waals surface area contributed by atoms with E-state index in [1.54, 1.807) is 29.6 Å². The zero-order chi connectivity index (χ0) is 16.4. The molecule has 1 aromatic carbocycles.